The molecule has 6 heteroatoms. The number of aliphatic hydroxyl groups is 1. The lowest BCUT2D eigenvalue weighted by molar-refractivity contribution is -0.121. The van der Waals surface area contributed by atoms with Crippen LogP contribution in [0, 0.1) is 0 Å². The molecule has 0 fully saturated rings. The number of aliphatic hydroxyl groups excluding tert-OH is 1. The number of phenolic OH excluding ortho intramolecular Hbond substituents is 3. The summed E-state index contributed by atoms with van der Waals surface area (Å²) < 4.78 is 5.04. The number of Topliss-reactive ketones (excluding diaryl/α,β-unsaturated/α-hetero) is 1. The molecule has 6 nitrogen and oxygen atoms in total. The number of aromatic hydroxyl groups is 3. The van der Waals surface area contributed by atoms with E-state index in [0.717, 1.165) is 11.1 Å². The summed E-state index contributed by atoms with van der Waals surface area (Å²) in [6.07, 6.45) is 1.01. The highest BCUT2D eigenvalue weighted by atomic mass is 16.5. The molecule has 0 saturated carbocycles. The van der Waals surface area contributed by atoms with E-state index in [1.54, 1.807) is 18.2 Å². The molecule has 2 aromatic rings. The summed E-state index contributed by atoms with van der Waals surface area (Å²) in [6, 6.07) is 9.47. The lowest BCUT2D eigenvalue weighted by atomic mass is 10.00. The fourth-order valence-electron chi connectivity index (χ4n) is 2.69. The lowest BCUT2D eigenvalue weighted by Crippen LogP contribution is -2.14. The molecule has 0 heterocycles. The Morgan fingerprint density at radius 2 is 1.62 bits per heavy atom. The van der Waals surface area contributed by atoms with Crippen LogP contribution in [0.25, 0.3) is 0 Å². The molecule has 2 rings (SSSR count). The molecular weight excluding hydrogens is 336 g/mol. The summed E-state index contributed by atoms with van der Waals surface area (Å²) in [6.45, 7) is 0. The third-order valence-corrected chi connectivity index (χ3v) is 4.21. The van der Waals surface area contributed by atoms with E-state index in [4.69, 9.17) is 4.74 Å². The monoisotopic (exact) mass is 360 g/mol. The van der Waals surface area contributed by atoms with Crippen LogP contribution in [-0.4, -0.2) is 39.4 Å². The Kier molecular flexibility index (Phi) is 6.86. The van der Waals surface area contributed by atoms with Gasteiger partial charge in [0.05, 0.1) is 13.2 Å². The molecule has 0 aliphatic heterocycles. The van der Waals surface area contributed by atoms with Crippen molar-refractivity contribution in [3.8, 4) is 23.0 Å². The van der Waals surface area contributed by atoms with Crippen LogP contribution in [0.1, 0.15) is 30.4 Å². The van der Waals surface area contributed by atoms with E-state index in [0.29, 0.717) is 31.4 Å². The highest BCUT2D eigenvalue weighted by molar-refractivity contribution is 5.79. The van der Waals surface area contributed by atoms with Crippen molar-refractivity contribution < 1.29 is 30.0 Å². The van der Waals surface area contributed by atoms with E-state index >= 15 is 0 Å². The summed E-state index contributed by atoms with van der Waals surface area (Å²) in [5.41, 5.74) is 1.66. The van der Waals surface area contributed by atoms with Gasteiger partial charge in [0.1, 0.15) is 5.78 Å². The molecule has 140 valence electrons. The van der Waals surface area contributed by atoms with Crippen LogP contribution in [0.3, 0.4) is 0 Å². The molecule has 0 aliphatic carbocycles. The average molecular weight is 360 g/mol. The second kappa shape index (κ2) is 9.10. The van der Waals surface area contributed by atoms with Gasteiger partial charge in [0, 0.05) is 12.8 Å². The normalized spacial score (nSPS) is 11.9. The molecular formula is C20H24O6. The number of benzene rings is 2. The van der Waals surface area contributed by atoms with Crippen molar-refractivity contribution in [2.45, 2.75) is 38.2 Å². The minimum atomic E-state index is -0.757. The van der Waals surface area contributed by atoms with Gasteiger partial charge in [-0.3, -0.25) is 4.79 Å². The maximum absolute atomic E-state index is 12.0. The molecule has 0 aromatic heterocycles. The van der Waals surface area contributed by atoms with Crippen LogP contribution in [0.5, 0.6) is 23.0 Å². The van der Waals surface area contributed by atoms with Crippen molar-refractivity contribution >= 4 is 5.78 Å². The van der Waals surface area contributed by atoms with E-state index in [-0.39, 0.29) is 29.5 Å². The molecule has 0 unspecified atom stereocenters. The largest absolute Gasteiger partial charge is 0.504 e. The minimum absolute atomic E-state index is 0.0434. The Balaban J connectivity index is 1.77. The average Bonchev–Trinajstić information content (AvgIpc) is 2.62. The van der Waals surface area contributed by atoms with Crippen molar-refractivity contribution in [1.29, 1.82) is 0 Å². The van der Waals surface area contributed by atoms with Gasteiger partial charge >= 0.3 is 0 Å². The van der Waals surface area contributed by atoms with Crippen LogP contribution >= 0.6 is 0 Å². The van der Waals surface area contributed by atoms with Crippen LogP contribution in [-0.2, 0) is 17.6 Å². The topological polar surface area (TPSA) is 107 Å². The van der Waals surface area contributed by atoms with Crippen LogP contribution < -0.4 is 4.74 Å². The van der Waals surface area contributed by atoms with Crippen molar-refractivity contribution in [2.75, 3.05) is 7.11 Å². The van der Waals surface area contributed by atoms with Gasteiger partial charge < -0.3 is 25.2 Å². The van der Waals surface area contributed by atoms with Crippen LogP contribution in [0.4, 0.5) is 0 Å². The predicted molar refractivity (Wildman–Crippen MR) is 96.7 cm³/mol. The number of ketones is 1. The Hall–Kier alpha value is -2.73. The highest BCUT2D eigenvalue weighted by Crippen LogP contribution is 2.27. The van der Waals surface area contributed by atoms with E-state index in [1.807, 2.05) is 0 Å². The summed E-state index contributed by atoms with van der Waals surface area (Å²) in [5.74, 6) is -0.00350. The molecule has 2 aromatic carbocycles. The Morgan fingerprint density at radius 3 is 2.27 bits per heavy atom. The minimum Gasteiger partial charge on any atom is -0.504 e. The maximum atomic E-state index is 12.0. The summed E-state index contributed by atoms with van der Waals surface area (Å²) >= 11 is 0. The smallest absolute Gasteiger partial charge is 0.160 e. The first-order valence-electron chi connectivity index (χ1n) is 8.45. The van der Waals surface area contributed by atoms with E-state index in [1.165, 1.54) is 25.3 Å². The molecule has 0 radical (unpaired) electrons. The molecule has 0 amide bonds. The SMILES string of the molecule is COc1cc(CCC(=O)C[C@@H](O)CCc2ccc(O)c(O)c2)ccc1O. The van der Waals surface area contributed by atoms with Crippen molar-refractivity contribution in [1.82, 2.24) is 0 Å². The molecule has 26 heavy (non-hydrogen) atoms. The van der Waals surface area contributed by atoms with E-state index < -0.39 is 6.10 Å². The number of aryl methyl sites for hydroxylation is 2. The number of hydrogen-bond donors (Lipinski definition) is 4. The summed E-state index contributed by atoms with van der Waals surface area (Å²) in [7, 11) is 1.47. The number of carbonyl (C=O) groups excluding carboxylic acids is 1. The Morgan fingerprint density at radius 1 is 0.962 bits per heavy atom. The summed E-state index contributed by atoms with van der Waals surface area (Å²) in [5, 5.41) is 38.3. The molecule has 0 aliphatic rings. The number of hydrogen-bond acceptors (Lipinski definition) is 6. The van der Waals surface area contributed by atoms with Crippen molar-refractivity contribution in [2.24, 2.45) is 0 Å². The van der Waals surface area contributed by atoms with Crippen LogP contribution in [0.15, 0.2) is 36.4 Å². The standard InChI is InChI=1S/C20H24O6/c1-26-20-11-14(5-9-18(20)24)3-7-16(22)12-15(21)6-2-13-4-8-17(23)19(25)10-13/h4-5,8-11,15,21,23-25H,2-3,6-7,12H2,1H3/t15-/m0/s1. The van der Waals surface area contributed by atoms with Gasteiger partial charge in [-0.25, -0.2) is 0 Å². The fourth-order valence-corrected chi connectivity index (χ4v) is 2.69. The molecule has 4 N–H and O–H groups in total. The number of phenols is 3. The third kappa shape index (κ3) is 5.67. The second-order valence-electron chi connectivity index (χ2n) is 6.26. The van der Waals surface area contributed by atoms with Gasteiger partial charge in [-0.15, -0.1) is 0 Å². The van der Waals surface area contributed by atoms with Gasteiger partial charge in [-0.1, -0.05) is 12.1 Å². The third-order valence-electron chi connectivity index (χ3n) is 4.21. The number of methoxy groups -OCH3 is 1. The van der Waals surface area contributed by atoms with Gasteiger partial charge in [0.25, 0.3) is 0 Å². The predicted octanol–water partition coefficient (Wildman–Crippen LogP) is 2.70. The van der Waals surface area contributed by atoms with E-state index in [9.17, 15) is 25.2 Å². The van der Waals surface area contributed by atoms with Gasteiger partial charge in [0.2, 0.25) is 0 Å². The zero-order chi connectivity index (χ0) is 19.1. The molecule has 0 saturated heterocycles. The summed E-state index contributed by atoms with van der Waals surface area (Å²) in [4.78, 5) is 12.0. The number of carbonyl (C=O) groups is 1. The first kappa shape index (κ1) is 19.6. The van der Waals surface area contributed by atoms with Gasteiger partial charge in [-0.2, -0.15) is 0 Å². The second-order valence-corrected chi connectivity index (χ2v) is 6.26. The lowest BCUT2D eigenvalue weighted by Gasteiger charge is -2.11. The zero-order valence-electron chi connectivity index (χ0n) is 14.7. The first-order valence-corrected chi connectivity index (χ1v) is 8.45. The van der Waals surface area contributed by atoms with Crippen molar-refractivity contribution in [3.05, 3.63) is 47.5 Å². The van der Waals surface area contributed by atoms with Gasteiger partial charge in [0.15, 0.2) is 23.0 Å². The van der Waals surface area contributed by atoms with Crippen molar-refractivity contribution in [3.63, 3.8) is 0 Å². The fraction of sp³-hybridized carbons (Fsp3) is 0.350. The number of ether oxygens (including phenoxy) is 1. The molecule has 1 atom stereocenters. The van der Waals surface area contributed by atoms with Gasteiger partial charge in [-0.05, 0) is 54.7 Å². The maximum Gasteiger partial charge on any atom is 0.160 e. The zero-order valence-corrected chi connectivity index (χ0v) is 14.7. The Bertz CT molecular complexity index is 756. The first-order chi connectivity index (χ1) is 12.4. The van der Waals surface area contributed by atoms with Crippen LogP contribution in [0.2, 0.25) is 0 Å². The highest BCUT2D eigenvalue weighted by Gasteiger charge is 2.12. The quantitative estimate of drug-likeness (QED) is 0.512. The van der Waals surface area contributed by atoms with E-state index in [2.05, 4.69) is 0 Å². The number of rotatable bonds is 9. The Labute approximate surface area is 152 Å². The molecule has 0 spiro atoms. The molecule has 0 bridgehead atoms.